The third-order valence-corrected chi connectivity index (χ3v) is 4.59. The van der Waals surface area contributed by atoms with E-state index < -0.39 is 5.82 Å². The number of nitrogens with one attached hydrogen (secondary N) is 1. The monoisotopic (exact) mass is 273 g/mol. The van der Waals surface area contributed by atoms with E-state index in [9.17, 15) is 9.18 Å². The molecule has 0 radical (unpaired) electrons. The van der Waals surface area contributed by atoms with Crippen LogP contribution < -0.4 is 10.9 Å². The number of nitrogens with zero attached hydrogens (tertiary/aromatic N) is 2. The molecule has 4 nitrogen and oxygen atoms in total. The molecule has 5 heteroatoms. The van der Waals surface area contributed by atoms with Gasteiger partial charge in [0.25, 0.3) is 5.56 Å². The molecule has 1 aliphatic heterocycles. The van der Waals surface area contributed by atoms with Crippen molar-refractivity contribution in [2.45, 2.75) is 37.3 Å². The summed E-state index contributed by atoms with van der Waals surface area (Å²) in [5.74, 6) is -0.460. The number of benzene rings is 1. The molecule has 1 aromatic heterocycles. The number of aromatic nitrogens is 2. The van der Waals surface area contributed by atoms with Crippen LogP contribution in [0.3, 0.4) is 0 Å². The van der Waals surface area contributed by atoms with Crippen molar-refractivity contribution >= 4 is 10.8 Å². The fraction of sp³-hybridized carbons (Fsp3) is 0.467. The lowest BCUT2D eigenvalue weighted by Crippen LogP contribution is -2.43. The Morgan fingerprint density at radius 2 is 2.25 bits per heavy atom. The molecular weight excluding hydrogens is 257 g/mol. The van der Waals surface area contributed by atoms with Gasteiger partial charge in [0.15, 0.2) is 0 Å². The van der Waals surface area contributed by atoms with Gasteiger partial charge in [0.2, 0.25) is 0 Å². The van der Waals surface area contributed by atoms with Gasteiger partial charge in [0.05, 0.1) is 17.6 Å². The summed E-state index contributed by atoms with van der Waals surface area (Å²) in [5.41, 5.74) is -0.0860. The number of fused-ring (bicyclic) bond motifs is 1. The van der Waals surface area contributed by atoms with E-state index in [1.807, 2.05) is 0 Å². The molecule has 2 fully saturated rings. The molecule has 20 heavy (non-hydrogen) atoms. The van der Waals surface area contributed by atoms with Gasteiger partial charge in [-0.25, -0.2) is 9.07 Å². The first-order valence-corrected chi connectivity index (χ1v) is 7.10. The first-order valence-electron chi connectivity index (χ1n) is 7.10. The number of piperidine rings is 1. The molecule has 1 unspecified atom stereocenters. The Balaban J connectivity index is 1.82. The topological polar surface area (TPSA) is 46.9 Å². The minimum absolute atomic E-state index is 0.0789. The summed E-state index contributed by atoms with van der Waals surface area (Å²) < 4.78 is 15.4. The number of hydrogen-bond donors (Lipinski definition) is 1. The predicted octanol–water partition coefficient (Wildman–Crippen LogP) is 1.99. The van der Waals surface area contributed by atoms with Crippen molar-refractivity contribution in [1.29, 1.82) is 0 Å². The van der Waals surface area contributed by atoms with Crippen LogP contribution in [-0.2, 0) is 0 Å². The van der Waals surface area contributed by atoms with Gasteiger partial charge >= 0.3 is 0 Å². The van der Waals surface area contributed by atoms with Crippen LogP contribution in [-0.4, -0.2) is 21.9 Å². The summed E-state index contributed by atoms with van der Waals surface area (Å²) in [4.78, 5) is 12.5. The minimum Gasteiger partial charge on any atom is -0.311 e. The maximum Gasteiger partial charge on any atom is 0.277 e. The lowest BCUT2D eigenvalue weighted by atomic mass is 9.97. The van der Waals surface area contributed by atoms with Crippen molar-refractivity contribution in [2.75, 3.05) is 6.54 Å². The average molecular weight is 273 g/mol. The molecule has 1 N–H and O–H groups in total. The average Bonchev–Trinajstić information content (AvgIpc) is 3.18. The summed E-state index contributed by atoms with van der Waals surface area (Å²) in [6, 6.07) is 4.74. The van der Waals surface area contributed by atoms with E-state index in [0.717, 1.165) is 19.4 Å². The van der Waals surface area contributed by atoms with Crippen LogP contribution in [0.1, 0.15) is 31.7 Å². The first kappa shape index (κ1) is 12.0. The fourth-order valence-electron chi connectivity index (χ4n) is 3.30. The summed E-state index contributed by atoms with van der Waals surface area (Å²) in [6.45, 7) is 0.897. The third-order valence-electron chi connectivity index (χ3n) is 4.59. The summed E-state index contributed by atoms with van der Waals surface area (Å²) in [6.07, 6.45) is 5.72. The van der Waals surface area contributed by atoms with Crippen LogP contribution in [0.15, 0.2) is 29.2 Å². The highest BCUT2D eigenvalue weighted by molar-refractivity contribution is 5.81. The van der Waals surface area contributed by atoms with Crippen LogP contribution in [0.25, 0.3) is 10.8 Å². The molecule has 104 valence electrons. The van der Waals surface area contributed by atoms with E-state index >= 15 is 0 Å². The van der Waals surface area contributed by atoms with Gasteiger partial charge in [-0.15, -0.1) is 0 Å². The van der Waals surface area contributed by atoms with E-state index in [4.69, 9.17) is 0 Å². The zero-order valence-electron chi connectivity index (χ0n) is 11.1. The van der Waals surface area contributed by atoms with Crippen LogP contribution >= 0.6 is 0 Å². The molecule has 4 rings (SSSR count). The third kappa shape index (κ3) is 1.77. The van der Waals surface area contributed by atoms with Gasteiger partial charge in [-0.2, -0.15) is 5.10 Å². The normalized spacial score (nSPS) is 24.1. The van der Waals surface area contributed by atoms with Crippen molar-refractivity contribution in [3.05, 3.63) is 40.6 Å². The Labute approximate surface area is 115 Å². The maximum absolute atomic E-state index is 13.9. The number of rotatable bonds is 1. The number of halogens is 1. The Morgan fingerprint density at radius 1 is 1.40 bits per heavy atom. The molecule has 1 aliphatic carbocycles. The second kappa shape index (κ2) is 4.12. The summed E-state index contributed by atoms with van der Waals surface area (Å²) in [7, 11) is 0. The van der Waals surface area contributed by atoms with E-state index in [0.29, 0.717) is 5.39 Å². The maximum atomic E-state index is 13.9. The molecule has 0 amide bonds. The predicted molar refractivity (Wildman–Crippen MR) is 74.2 cm³/mol. The van der Waals surface area contributed by atoms with Gasteiger partial charge in [-0.05, 0) is 38.3 Å². The minimum atomic E-state index is -0.460. The van der Waals surface area contributed by atoms with Crippen molar-refractivity contribution in [3.63, 3.8) is 0 Å². The first-order chi connectivity index (χ1) is 9.69. The lowest BCUT2D eigenvalue weighted by molar-refractivity contribution is 0.264. The molecular formula is C15H16FN3O. The second-order valence-electron chi connectivity index (χ2n) is 5.95. The van der Waals surface area contributed by atoms with Crippen molar-refractivity contribution in [2.24, 2.45) is 0 Å². The Hall–Kier alpha value is -1.75. The van der Waals surface area contributed by atoms with Gasteiger partial charge in [-0.1, -0.05) is 12.1 Å². The van der Waals surface area contributed by atoms with Gasteiger partial charge < -0.3 is 5.32 Å². The second-order valence-corrected chi connectivity index (χ2v) is 5.95. The van der Waals surface area contributed by atoms with Crippen LogP contribution in [0, 0.1) is 5.82 Å². The smallest absolute Gasteiger partial charge is 0.277 e. The van der Waals surface area contributed by atoms with Crippen molar-refractivity contribution in [3.8, 4) is 0 Å². The molecule has 2 aromatic rings. The highest BCUT2D eigenvalue weighted by Gasteiger charge is 2.46. The van der Waals surface area contributed by atoms with Crippen LogP contribution in [0.4, 0.5) is 4.39 Å². The molecule has 1 aromatic carbocycles. The van der Waals surface area contributed by atoms with Crippen molar-refractivity contribution < 1.29 is 4.39 Å². The standard InChI is InChI=1S/C15H16FN3O/c16-12-3-1-2-10-9-18-19(14(20)13(10)12)11-4-7-17-15(8-11)5-6-15/h1-3,9,11,17H,4-8H2. The molecule has 1 saturated carbocycles. The molecule has 1 saturated heterocycles. The van der Waals surface area contributed by atoms with E-state index in [1.54, 1.807) is 18.3 Å². The van der Waals surface area contributed by atoms with Crippen LogP contribution in [0.5, 0.6) is 0 Å². The zero-order valence-corrected chi connectivity index (χ0v) is 11.1. The van der Waals surface area contributed by atoms with E-state index in [1.165, 1.54) is 23.6 Å². The highest BCUT2D eigenvalue weighted by Crippen LogP contribution is 2.44. The van der Waals surface area contributed by atoms with E-state index in [2.05, 4.69) is 10.4 Å². The highest BCUT2D eigenvalue weighted by atomic mass is 19.1. The summed E-state index contributed by atoms with van der Waals surface area (Å²) >= 11 is 0. The summed E-state index contributed by atoms with van der Waals surface area (Å²) in [5, 5.41) is 8.52. The van der Waals surface area contributed by atoms with E-state index in [-0.39, 0.29) is 22.5 Å². The fourth-order valence-corrected chi connectivity index (χ4v) is 3.30. The molecule has 1 spiro atoms. The molecule has 2 aliphatic rings. The zero-order chi connectivity index (χ0) is 13.7. The van der Waals surface area contributed by atoms with Gasteiger partial charge in [-0.3, -0.25) is 4.79 Å². The molecule has 0 bridgehead atoms. The largest absolute Gasteiger partial charge is 0.311 e. The Kier molecular flexibility index (Phi) is 2.48. The SMILES string of the molecule is O=c1c2c(F)cccc2cnn1C1CCNC2(CC2)C1. The quantitative estimate of drug-likeness (QED) is 0.864. The van der Waals surface area contributed by atoms with Gasteiger partial charge in [0.1, 0.15) is 5.82 Å². The van der Waals surface area contributed by atoms with Gasteiger partial charge in [0, 0.05) is 10.9 Å². The molecule has 1 atom stereocenters. The Morgan fingerprint density at radius 3 is 3.05 bits per heavy atom. The number of hydrogen-bond acceptors (Lipinski definition) is 3. The Bertz CT molecular complexity index is 735. The molecule has 2 heterocycles. The van der Waals surface area contributed by atoms with Crippen LogP contribution in [0.2, 0.25) is 0 Å². The van der Waals surface area contributed by atoms with Crippen molar-refractivity contribution in [1.82, 2.24) is 15.1 Å². The lowest BCUT2D eigenvalue weighted by Gasteiger charge is -2.30.